The lowest BCUT2D eigenvalue weighted by Gasteiger charge is -2.21. The fraction of sp³-hybridized carbons (Fsp3) is 0.575. The molecule has 18 heteroatoms. The van der Waals surface area contributed by atoms with E-state index in [1.165, 1.54) is 38.5 Å². The van der Waals surface area contributed by atoms with Gasteiger partial charge in [-0.1, -0.05) is 298 Å². The Hall–Kier alpha value is -5.87. The molecule has 0 aromatic heterocycles. The number of esters is 3. The van der Waals surface area contributed by atoms with Crippen molar-refractivity contribution in [3.63, 3.8) is 0 Å². The summed E-state index contributed by atoms with van der Waals surface area (Å²) in [6.45, 7) is 2.19. The van der Waals surface area contributed by atoms with Gasteiger partial charge < -0.3 is 34.2 Å². The average Bonchev–Trinajstić information content (AvgIpc) is 0.921. The smallest absolute Gasteiger partial charge is 0.463 e. The molecule has 0 fully saturated rings. The van der Waals surface area contributed by atoms with Gasteiger partial charge in [0, 0.05) is 19.3 Å². The third kappa shape index (κ3) is 79.0. The maximum atomic E-state index is 13.0. The Morgan fingerprint density at radius 2 is 0.495 bits per heavy atom. The molecule has 0 aromatic carbocycles. The van der Waals surface area contributed by atoms with Crippen LogP contribution in [0, 0.1) is 0 Å². The molecule has 105 heavy (non-hydrogen) atoms. The highest BCUT2D eigenvalue weighted by Gasteiger charge is 2.29. The molecule has 0 aromatic rings. The summed E-state index contributed by atoms with van der Waals surface area (Å²) < 4.78 is 61.0. The van der Waals surface area contributed by atoms with Gasteiger partial charge in [0.2, 0.25) is 0 Å². The van der Waals surface area contributed by atoms with Crippen molar-refractivity contribution in [3.05, 3.63) is 207 Å². The van der Waals surface area contributed by atoms with E-state index in [4.69, 9.17) is 32.3 Å². The summed E-state index contributed by atoms with van der Waals surface area (Å²) in [5, 5.41) is 20.6. The summed E-state index contributed by atoms with van der Waals surface area (Å²) in [5.41, 5.74) is 0. The topological polar surface area (TPSA) is 231 Å². The molecule has 16 nitrogen and oxygen atoms in total. The molecule has 0 aliphatic rings. The number of hydrogen-bond acceptors (Lipinski definition) is 14. The highest BCUT2D eigenvalue weighted by Crippen LogP contribution is 2.45. The van der Waals surface area contributed by atoms with E-state index in [2.05, 4.69) is 209 Å². The van der Waals surface area contributed by atoms with Crippen LogP contribution in [0.3, 0.4) is 0 Å². The van der Waals surface area contributed by atoms with Crippen LogP contribution >= 0.6 is 15.6 Å². The first-order valence-corrected chi connectivity index (χ1v) is 42.4. The minimum Gasteiger partial charge on any atom is -0.463 e. The van der Waals surface area contributed by atoms with E-state index in [0.717, 1.165) is 161 Å². The van der Waals surface area contributed by atoms with Crippen LogP contribution in [0.1, 0.15) is 265 Å². The first-order valence-electron chi connectivity index (χ1n) is 39.4. The lowest BCUT2D eigenvalue weighted by atomic mass is 10.0. The number of aliphatic hydroxyl groups is 2. The number of carbonyl (C=O) groups excluding carboxylic acids is 3. The Kier molecular flexibility index (Phi) is 73.4. The van der Waals surface area contributed by atoms with Crippen LogP contribution in [0.25, 0.3) is 0 Å². The van der Waals surface area contributed by atoms with Gasteiger partial charge in [-0.05, 0) is 154 Å². The zero-order valence-electron chi connectivity index (χ0n) is 64.6. The Balaban J connectivity index is 4.74. The van der Waals surface area contributed by atoms with E-state index in [-0.39, 0.29) is 19.3 Å². The number of allylic oxidation sites excluding steroid dienone is 34. The van der Waals surface area contributed by atoms with E-state index in [0.29, 0.717) is 25.7 Å². The lowest BCUT2D eigenvalue weighted by Crippen LogP contribution is -2.29. The number of carbonyl (C=O) groups is 3. The number of hydrogen-bond donors (Lipinski definition) is 4. The number of aliphatic hydroxyl groups excluding tert-OH is 2. The molecule has 0 aliphatic carbocycles. The van der Waals surface area contributed by atoms with E-state index >= 15 is 0 Å². The van der Waals surface area contributed by atoms with Crippen molar-refractivity contribution in [3.8, 4) is 0 Å². The predicted octanol–water partition coefficient (Wildman–Crippen LogP) is 23.3. The monoisotopic (exact) mass is 1500 g/mol. The molecule has 0 saturated heterocycles. The van der Waals surface area contributed by atoms with Crippen LogP contribution in [0.5, 0.6) is 0 Å². The molecule has 5 atom stereocenters. The summed E-state index contributed by atoms with van der Waals surface area (Å²) in [4.78, 5) is 58.7. The quantitative estimate of drug-likeness (QED) is 0.0146. The van der Waals surface area contributed by atoms with Gasteiger partial charge in [0.15, 0.2) is 6.10 Å². The van der Waals surface area contributed by atoms with E-state index in [9.17, 15) is 43.5 Å². The molecule has 0 radical (unpaired) electrons. The predicted molar refractivity (Wildman–Crippen MR) is 435 cm³/mol. The molecular formula is C87H138O16P2. The average molecular weight is 1500 g/mol. The molecule has 0 bridgehead atoms. The fourth-order valence-corrected chi connectivity index (χ4v) is 11.2. The Morgan fingerprint density at radius 3 is 0.790 bits per heavy atom. The highest BCUT2D eigenvalue weighted by atomic mass is 31.2. The molecule has 0 aliphatic heterocycles. The molecule has 0 spiro atoms. The van der Waals surface area contributed by atoms with Gasteiger partial charge in [0.05, 0.1) is 26.4 Å². The van der Waals surface area contributed by atoms with E-state index in [1.807, 2.05) is 18.2 Å². The largest absolute Gasteiger partial charge is 0.472 e. The van der Waals surface area contributed by atoms with Gasteiger partial charge in [0.1, 0.15) is 25.4 Å². The Labute approximate surface area is 635 Å². The normalized spacial score (nSPS) is 15.1. The molecule has 5 unspecified atom stereocenters. The van der Waals surface area contributed by atoms with E-state index in [1.54, 1.807) is 0 Å². The number of ether oxygens (including phenoxy) is 3. The molecule has 0 saturated carbocycles. The first kappa shape index (κ1) is 99.1. The van der Waals surface area contributed by atoms with Crippen molar-refractivity contribution in [2.45, 2.75) is 283 Å². The van der Waals surface area contributed by atoms with Crippen LogP contribution in [0.2, 0.25) is 0 Å². The van der Waals surface area contributed by atoms with Gasteiger partial charge in [0.25, 0.3) is 0 Å². The number of rotatable bonds is 72. The van der Waals surface area contributed by atoms with Crippen LogP contribution < -0.4 is 0 Å². The summed E-state index contributed by atoms with van der Waals surface area (Å²) in [5.74, 6) is -1.72. The van der Waals surface area contributed by atoms with Crippen molar-refractivity contribution in [2.75, 3.05) is 39.6 Å². The summed E-state index contributed by atoms with van der Waals surface area (Å²) in [6.07, 6.45) is 103. The minimum atomic E-state index is -4.97. The third-order valence-corrected chi connectivity index (χ3v) is 17.4. The number of phosphoric ester groups is 2. The SMILES string of the molecule is CC/C=C\C/C=C\C/C=C\C/C=C\C/C=C\C/C=C\CCCCCCC(=O)OCC(COP(=O)(O)OCC(O)COP(=O)(O)OCC(O)COC(=O)CCCCCCCCCCCCC/C=C\C/C=C\C/C=C\C/C=C\C/C=C\CC)OC(=O)CC/C=C\C/C=C\C/C=C\C/C=C\C/C=C\C/C=C\CC. The van der Waals surface area contributed by atoms with Crippen LogP contribution in [0.15, 0.2) is 207 Å². The second-order valence-electron chi connectivity index (χ2n) is 25.4. The summed E-state index contributed by atoms with van der Waals surface area (Å²) >= 11 is 0. The van der Waals surface area contributed by atoms with E-state index < -0.39 is 91.5 Å². The zero-order valence-corrected chi connectivity index (χ0v) is 66.3. The summed E-state index contributed by atoms with van der Waals surface area (Å²) in [7, 11) is -9.85. The lowest BCUT2D eigenvalue weighted by molar-refractivity contribution is -0.161. The van der Waals surface area contributed by atoms with Crippen molar-refractivity contribution >= 4 is 33.6 Å². The molecule has 0 heterocycles. The molecule has 0 amide bonds. The maximum Gasteiger partial charge on any atom is 0.472 e. The first-order chi connectivity index (χ1) is 51.2. The van der Waals surface area contributed by atoms with Gasteiger partial charge in [-0.15, -0.1) is 0 Å². The highest BCUT2D eigenvalue weighted by molar-refractivity contribution is 7.47. The number of unbranched alkanes of at least 4 members (excludes halogenated alkanes) is 15. The Bertz CT molecular complexity index is 2740. The van der Waals surface area contributed by atoms with Crippen LogP contribution in [-0.2, 0) is 55.8 Å². The standard InChI is InChI=1S/C87H138O16P2/c1-4-7-10-13-16-19-22-25-28-31-34-36-38-39-40-41-43-45-47-49-52-55-58-61-64-67-70-73-85(90)97-76-82(88)77-99-104(93,94)100-78-83(89)79-101-105(95,96)102-81-84(103-87(92)75-72-69-66-63-60-57-54-51-46-33-30-27-24-21-18-15-12-9-6-3)80-98-86(91)74-71-68-65-62-59-56-53-50-48-44-42-37-35-32-29-26-23-20-17-14-11-8-5-2/h7-12,16-21,25-30,34-37,39-40,44,46,48,51,53,56-57,60,66,69,82-84,88-89H,4-6,13-15,22-24,31-33,38,41-43,45,47,49-50,52,54-55,58-59,61-65,67-68,70-81H2,1-3H3,(H,93,94)(H,95,96)/b10-7-,11-8-,12-9-,19-16-,20-17-,21-18-,28-25-,29-26-,30-27-,36-34-,37-35-,40-39-,48-44-,51-46-,56-53-,60-57-,69-66-. The zero-order chi connectivity index (χ0) is 76.6. The second kappa shape index (κ2) is 77.7. The van der Waals surface area contributed by atoms with Crippen molar-refractivity contribution in [2.24, 2.45) is 0 Å². The van der Waals surface area contributed by atoms with Crippen molar-refractivity contribution in [1.82, 2.24) is 0 Å². The van der Waals surface area contributed by atoms with Crippen LogP contribution in [0.4, 0.5) is 0 Å². The van der Waals surface area contributed by atoms with Crippen molar-refractivity contribution < 1.29 is 75.8 Å². The van der Waals surface area contributed by atoms with Gasteiger partial charge in [-0.3, -0.25) is 32.5 Å². The fourth-order valence-electron chi connectivity index (χ4n) is 9.63. The summed E-state index contributed by atoms with van der Waals surface area (Å²) in [6, 6.07) is 0. The van der Waals surface area contributed by atoms with Crippen LogP contribution in [-0.4, -0.2) is 95.9 Å². The minimum absolute atomic E-state index is 0.0358. The number of phosphoric acid groups is 2. The molecule has 0 rings (SSSR count). The Morgan fingerprint density at radius 1 is 0.267 bits per heavy atom. The maximum absolute atomic E-state index is 13.0. The van der Waals surface area contributed by atoms with Gasteiger partial charge in [-0.25, -0.2) is 9.13 Å². The van der Waals surface area contributed by atoms with Crippen molar-refractivity contribution in [1.29, 1.82) is 0 Å². The van der Waals surface area contributed by atoms with Gasteiger partial charge >= 0.3 is 33.6 Å². The second-order valence-corrected chi connectivity index (χ2v) is 28.3. The molecule has 592 valence electrons. The molecular weight excluding hydrogens is 1360 g/mol. The van der Waals surface area contributed by atoms with Gasteiger partial charge in [-0.2, -0.15) is 0 Å². The molecule has 4 N–H and O–H groups in total. The third-order valence-electron chi connectivity index (χ3n) is 15.5.